The van der Waals surface area contributed by atoms with Crippen LogP contribution in [-0.4, -0.2) is 82.1 Å². The number of carbonyl (C=O) groups excluding carboxylic acids is 4. The summed E-state index contributed by atoms with van der Waals surface area (Å²) in [5.74, 6) is -1.58. The van der Waals surface area contributed by atoms with Crippen LogP contribution in [0, 0.1) is 11.8 Å². The van der Waals surface area contributed by atoms with Crippen molar-refractivity contribution in [2.45, 2.75) is 49.3 Å². The zero-order valence-corrected chi connectivity index (χ0v) is 39.3. The van der Waals surface area contributed by atoms with Gasteiger partial charge in [-0.05, 0) is 122 Å². The summed E-state index contributed by atoms with van der Waals surface area (Å²) >= 11 is 16.4. The lowest BCUT2D eigenvalue weighted by Crippen LogP contribution is -2.42. The van der Waals surface area contributed by atoms with E-state index >= 15 is 0 Å². The van der Waals surface area contributed by atoms with E-state index in [0.717, 1.165) is 77.8 Å². The molecule has 0 aliphatic carbocycles. The van der Waals surface area contributed by atoms with Crippen LogP contribution in [0.25, 0.3) is 56.2 Å². The van der Waals surface area contributed by atoms with E-state index in [9.17, 15) is 19.2 Å². The van der Waals surface area contributed by atoms with Crippen molar-refractivity contribution < 1.29 is 28.7 Å². The number of fused-ring (bicyclic) bond motifs is 2. The van der Waals surface area contributed by atoms with Crippen molar-refractivity contribution >= 4 is 92.7 Å². The highest BCUT2D eigenvalue weighted by Gasteiger charge is 2.30. The summed E-state index contributed by atoms with van der Waals surface area (Å²) in [5, 5.41) is 3.10. The molecule has 10 nitrogen and oxygen atoms in total. The Labute approximate surface area is 393 Å². The average Bonchev–Trinajstić information content (AvgIpc) is 3.89. The van der Waals surface area contributed by atoms with Crippen LogP contribution in [0.4, 0.5) is 0 Å². The molecule has 2 aromatic heterocycles. The van der Waals surface area contributed by atoms with Crippen molar-refractivity contribution in [3.05, 3.63) is 119 Å². The molecule has 0 saturated carbocycles. The van der Waals surface area contributed by atoms with Gasteiger partial charge in [-0.3, -0.25) is 19.2 Å². The summed E-state index contributed by atoms with van der Waals surface area (Å²) in [6.07, 6.45) is 13.6. The summed E-state index contributed by atoms with van der Waals surface area (Å²) in [4.78, 5) is 57.2. The van der Waals surface area contributed by atoms with Gasteiger partial charge in [0, 0.05) is 108 Å². The fourth-order valence-corrected chi connectivity index (χ4v) is 10.6. The van der Waals surface area contributed by atoms with Crippen molar-refractivity contribution in [2.24, 2.45) is 25.9 Å². The van der Waals surface area contributed by atoms with Gasteiger partial charge in [-0.2, -0.15) is 0 Å². The lowest BCUT2D eigenvalue weighted by Gasteiger charge is -2.30. The Hall–Kier alpha value is -5.75. The summed E-state index contributed by atoms with van der Waals surface area (Å²) in [6.45, 7) is 5.95. The third-order valence-electron chi connectivity index (χ3n) is 12.4. The normalized spacial score (nSPS) is 16.8. The van der Waals surface area contributed by atoms with Crippen LogP contribution >= 0.6 is 35.0 Å². The number of nitrogens with zero attached hydrogens (tertiary/aromatic N) is 4. The predicted molar refractivity (Wildman–Crippen MR) is 261 cm³/mol. The van der Waals surface area contributed by atoms with Crippen LogP contribution in [0.3, 0.4) is 0 Å². The minimum Gasteiger partial charge on any atom is -0.466 e. The summed E-state index contributed by atoms with van der Waals surface area (Å²) in [5.41, 5.74) is 6.98. The van der Waals surface area contributed by atoms with Gasteiger partial charge in [-0.15, -0.1) is 0 Å². The Kier molecular flexibility index (Phi) is 14.2. The molecule has 2 atom stereocenters. The van der Waals surface area contributed by atoms with E-state index in [1.54, 1.807) is 48.0 Å². The third-order valence-corrected chi connectivity index (χ3v) is 14.5. The zero-order chi connectivity index (χ0) is 45.8. The number of piperidine rings is 2. The molecular formula is C52H52Cl2N4O6S. The second-order valence-electron chi connectivity index (χ2n) is 16.6. The zero-order valence-electron chi connectivity index (χ0n) is 37.0. The van der Waals surface area contributed by atoms with Crippen LogP contribution in [0.2, 0.25) is 10.0 Å². The van der Waals surface area contributed by atoms with Gasteiger partial charge in [0.25, 0.3) is 0 Å². The predicted octanol–water partition coefficient (Wildman–Crippen LogP) is 11.1. The molecule has 4 aromatic carbocycles. The summed E-state index contributed by atoms with van der Waals surface area (Å²) in [6, 6.07) is 24.4. The Morgan fingerprint density at radius 2 is 1.06 bits per heavy atom. The highest BCUT2D eigenvalue weighted by molar-refractivity contribution is 7.99. The molecule has 2 aliphatic heterocycles. The molecule has 0 N–H and O–H groups in total. The first kappa shape index (κ1) is 45.8. The maximum absolute atomic E-state index is 13.6. The minimum atomic E-state index is -0.340. The minimum absolute atomic E-state index is 0.182. The Bertz CT molecular complexity index is 2670. The summed E-state index contributed by atoms with van der Waals surface area (Å²) < 4.78 is 14.7. The fourth-order valence-electron chi connectivity index (χ4n) is 8.95. The van der Waals surface area contributed by atoms with E-state index in [1.165, 1.54) is 11.8 Å². The van der Waals surface area contributed by atoms with E-state index in [2.05, 4.69) is 45.5 Å². The molecule has 2 aliphatic rings. The third kappa shape index (κ3) is 9.93. The average molecular weight is 932 g/mol. The van der Waals surface area contributed by atoms with Gasteiger partial charge >= 0.3 is 11.9 Å². The molecule has 2 saturated heterocycles. The van der Waals surface area contributed by atoms with Gasteiger partial charge < -0.3 is 28.4 Å². The number of hydrogen-bond acceptors (Lipinski definition) is 7. The maximum Gasteiger partial charge on any atom is 0.310 e. The van der Waals surface area contributed by atoms with Crippen LogP contribution in [-0.2, 0) is 42.7 Å². The van der Waals surface area contributed by atoms with E-state index in [1.807, 2.05) is 62.9 Å². The second kappa shape index (κ2) is 20.2. The number of rotatable bonds is 12. The van der Waals surface area contributed by atoms with Gasteiger partial charge in [0.1, 0.15) is 0 Å². The van der Waals surface area contributed by atoms with E-state index in [4.69, 9.17) is 32.7 Å². The molecule has 336 valence electrons. The van der Waals surface area contributed by atoms with Gasteiger partial charge in [0.05, 0.1) is 35.1 Å². The van der Waals surface area contributed by atoms with Crippen molar-refractivity contribution in [3.63, 3.8) is 0 Å². The number of likely N-dealkylation sites (tertiary alicyclic amines) is 2. The van der Waals surface area contributed by atoms with E-state index < -0.39 is 0 Å². The second-order valence-corrected chi connectivity index (χ2v) is 18.4. The number of halogens is 2. The standard InChI is InChI=1S/C52H52Cl2N4O6S/c1-5-63-51(61)39-9-7-25-57(31-39)45(59)21-15-33-13-19-43(49(53)47(33)37-11-17-41-35(29-37)23-27-55(41)3)65-44-20-14-34(16-22-46(60)58-26-8-10-40(32-58)52(62)64-6-2)48(50(44)54)38-12-18-42-36(30-38)24-28-56(42)4/h11-24,27-30,39-40H,5-10,25-26,31-32H2,1-4H3/b21-15+,22-16+. The number of carbonyl (C=O) groups is 4. The number of esters is 2. The molecule has 65 heavy (non-hydrogen) atoms. The first-order valence-corrected chi connectivity index (χ1v) is 23.7. The topological polar surface area (TPSA) is 103 Å². The largest absolute Gasteiger partial charge is 0.466 e. The SMILES string of the molecule is CCOC(=O)C1CCCN(C(=O)/C=C/c2ccc(Sc3ccc(/C=C/C(=O)N4CCCC(C(=O)OCC)C4)c(-c4ccc5c(ccn5C)c4)c3Cl)c(Cl)c2-c2ccc3c(ccn3C)c2)C1. The van der Waals surface area contributed by atoms with E-state index in [-0.39, 0.29) is 35.6 Å². The van der Waals surface area contributed by atoms with Gasteiger partial charge in [0.15, 0.2) is 0 Å². The molecule has 2 unspecified atom stereocenters. The molecule has 0 spiro atoms. The molecule has 2 fully saturated rings. The Balaban J connectivity index is 1.14. The fraction of sp³-hybridized carbons (Fsp3) is 0.308. The van der Waals surface area contributed by atoms with Gasteiger partial charge in [0.2, 0.25) is 11.8 Å². The van der Waals surface area contributed by atoms with Crippen LogP contribution < -0.4 is 0 Å². The highest BCUT2D eigenvalue weighted by atomic mass is 35.5. The lowest BCUT2D eigenvalue weighted by molar-refractivity contribution is -0.152. The smallest absolute Gasteiger partial charge is 0.310 e. The van der Waals surface area contributed by atoms with Crippen LogP contribution in [0.5, 0.6) is 0 Å². The first-order chi connectivity index (χ1) is 31.4. The molecule has 13 heteroatoms. The number of aryl methyl sites for hydroxylation is 2. The van der Waals surface area contributed by atoms with E-state index in [0.29, 0.717) is 62.3 Å². The first-order valence-electron chi connectivity index (χ1n) is 22.1. The molecular weight excluding hydrogens is 880 g/mol. The van der Waals surface area contributed by atoms with Gasteiger partial charge in [-0.1, -0.05) is 59.2 Å². The van der Waals surface area contributed by atoms with Crippen molar-refractivity contribution in [1.82, 2.24) is 18.9 Å². The van der Waals surface area contributed by atoms with Crippen LogP contribution in [0.15, 0.2) is 107 Å². The highest BCUT2D eigenvalue weighted by Crippen LogP contribution is 2.47. The van der Waals surface area contributed by atoms with Crippen LogP contribution in [0.1, 0.15) is 50.7 Å². The number of benzene rings is 4. The maximum atomic E-state index is 13.6. The lowest BCUT2D eigenvalue weighted by atomic mass is 9.97. The molecule has 2 amide bonds. The molecule has 0 radical (unpaired) electrons. The Morgan fingerprint density at radius 1 is 0.631 bits per heavy atom. The molecule has 6 aromatic rings. The number of ether oxygens (including phenoxy) is 2. The van der Waals surface area contributed by atoms with Crippen molar-refractivity contribution in [2.75, 3.05) is 39.4 Å². The number of amides is 2. The molecule has 4 heterocycles. The quantitative estimate of drug-likeness (QED) is 0.0889. The number of hydrogen-bond donors (Lipinski definition) is 0. The van der Waals surface area contributed by atoms with Crippen molar-refractivity contribution in [3.8, 4) is 22.3 Å². The Morgan fingerprint density at radius 3 is 1.48 bits per heavy atom. The molecule has 0 bridgehead atoms. The number of aromatic nitrogens is 2. The molecule has 8 rings (SSSR count). The summed E-state index contributed by atoms with van der Waals surface area (Å²) in [7, 11) is 4.01. The van der Waals surface area contributed by atoms with Gasteiger partial charge in [-0.25, -0.2) is 0 Å². The van der Waals surface area contributed by atoms with Crippen molar-refractivity contribution in [1.29, 1.82) is 0 Å². The monoisotopic (exact) mass is 930 g/mol.